The third-order valence-corrected chi connectivity index (χ3v) is 5.47. The Balaban J connectivity index is 1.66. The molecule has 4 aromatic carbocycles. The molecule has 0 atom stereocenters. The zero-order valence-corrected chi connectivity index (χ0v) is 16.8. The number of nitro benzene ring substituents is 1. The van der Waals surface area contributed by atoms with E-state index < -0.39 is 16.7 Å². The Morgan fingerprint density at radius 1 is 0.938 bits per heavy atom. The smallest absolute Gasteiger partial charge is 0.282 e. The Hall–Kier alpha value is -4.59. The van der Waals surface area contributed by atoms with Crippen LogP contribution in [-0.4, -0.2) is 35.1 Å². The van der Waals surface area contributed by atoms with Gasteiger partial charge in [0.1, 0.15) is 5.75 Å². The summed E-state index contributed by atoms with van der Waals surface area (Å²) in [5.74, 6) is -0.794. The number of methoxy groups -OCH3 is 1. The van der Waals surface area contributed by atoms with E-state index in [1.54, 1.807) is 24.3 Å². The first-order chi connectivity index (χ1) is 15.5. The molecule has 2 amide bonds. The van der Waals surface area contributed by atoms with Crippen LogP contribution in [0, 0.1) is 10.1 Å². The van der Waals surface area contributed by atoms with Gasteiger partial charge in [-0.15, -0.1) is 0 Å². The molecule has 0 saturated carbocycles. The van der Waals surface area contributed by atoms with Crippen molar-refractivity contribution in [2.24, 2.45) is 5.10 Å². The second-order valence-corrected chi connectivity index (χ2v) is 7.22. The molecular weight excluding hydrogens is 410 g/mol. The molecule has 1 aliphatic rings. The number of amides is 2. The summed E-state index contributed by atoms with van der Waals surface area (Å²) in [5.41, 5.74) is 0.696. The largest absolute Gasteiger partial charge is 0.496 e. The number of rotatable bonds is 4. The first kappa shape index (κ1) is 19.4. The number of carbonyl (C=O) groups excluding carboxylic acids is 2. The third kappa shape index (κ3) is 2.89. The number of ether oxygens (including phenoxy) is 1. The van der Waals surface area contributed by atoms with Gasteiger partial charge in [-0.05, 0) is 28.3 Å². The van der Waals surface area contributed by atoms with Crippen molar-refractivity contribution in [3.63, 3.8) is 0 Å². The first-order valence-corrected chi connectivity index (χ1v) is 9.69. The number of imide groups is 1. The van der Waals surface area contributed by atoms with Crippen LogP contribution >= 0.6 is 0 Å². The van der Waals surface area contributed by atoms with E-state index in [2.05, 4.69) is 5.10 Å². The van der Waals surface area contributed by atoms with E-state index in [4.69, 9.17) is 4.74 Å². The van der Waals surface area contributed by atoms with Gasteiger partial charge in [0.15, 0.2) is 0 Å². The summed E-state index contributed by atoms with van der Waals surface area (Å²) in [5, 5.41) is 18.9. The summed E-state index contributed by atoms with van der Waals surface area (Å²) < 4.78 is 5.44. The first-order valence-electron chi connectivity index (χ1n) is 9.69. The second kappa shape index (κ2) is 7.28. The summed E-state index contributed by atoms with van der Waals surface area (Å²) in [6.45, 7) is 0. The van der Waals surface area contributed by atoms with Gasteiger partial charge in [0.2, 0.25) is 0 Å². The van der Waals surface area contributed by atoms with Gasteiger partial charge in [-0.1, -0.05) is 42.5 Å². The van der Waals surface area contributed by atoms with Crippen molar-refractivity contribution in [2.75, 3.05) is 7.11 Å². The average Bonchev–Trinajstić information content (AvgIpc) is 2.81. The number of fused-ring (bicyclic) bond motifs is 1. The normalized spacial score (nSPS) is 13.3. The van der Waals surface area contributed by atoms with Gasteiger partial charge in [-0.25, -0.2) is 0 Å². The molecule has 8 nitrogen and oxygen atoms in total. The molecule has 0 unspecified atom stereocenters. The third-order valence-electron chi connectivity index (χ3n) is 5.47. The van der Waals surface area contributed by atoms with E-state index >= 15 is 0 Å². The van der Waals surface area contributed by atoms with Gasteiger partial charge in [0.05, 0.1) is 29.4 Å². The molecule has 4 aromatic rings. The quantitative estimate of drug-likeness (QED) is 0.207. The van der Waals surface area contributed by atoms with Crippen molar-refractivity contribution >= 4 is 45.3 Å². The number of hydrogen-bond donors (Lipinski definition) is 0. The minimum atomic E-state index is -0.724. The van der Waals surface area contributed by atoms with Crippen molar-refractivity contribution in [3.05, 3.63) is 93.5 Å². The fourth-order valence-electron chi connectivity index (χ4n) is 3.99. The standard InChI is InChI=1S/C24H15N3O5/c1-32-21-10-9-14-5-2-3-7-17(14)20(21)13-25-26-23(28)18-8-4-6-15-11-16(27(30)31)12-19(22(15)18)24(26)29/h2-13H,1H3. The minimum Gasteiger partial charge on any atom is -0.496 e. The molecule has 0 N–H and O–H groups in total. The fraction of sp³-hybridized carbons (Fsp3) is 0.0417. The van der Waals surface area contributed by atoms with E-state index in [-0.39, 0.29) is 16.8 Å². The maximum atomic E-state index is 13.2. The van der Waals surface area contributed by atoms with E-state index in [0.29, 0.717) is 22.1 Å². The van der Waals surface area contributed by atoms with Crippen molar-refractivity contribution in [1.82, 2.24) is 5.01 Å². The van der Waals surface area contributed by atoms with Crippen molar-refractivity contribution in [3.8, 4) is 5.75 Å². The summed E-state index contributed by atoms with van der Waals surface area (Å²) in [7, 11) is 1.52. The van der Waals surface area contributed by atoms with Crippen LogP contribution in [0.2, 0.25) is 0 Å². The van der Waals surface area contributed by atoms with Gasteiger partial charge in [0.25, 0.3) is 17.5 Å². The Bertz CT molecular complexity index is 1490. The summed E-state index contributed by atoms with van der Waals surface area (Å²) >= 11 is 0. The van der Waals surface area contributed by atoms with Crippen molar-refractivity contribution < 1.29 is 19.2 Å². The lowest BCUT2D eigenvalue weighted by Crippen LogP contribution is -2.36. The predicted octanol–water partition coefficient (Wildman–Crippen LogP) is 4.54. The van der Waals surface area contributed by atoms with Crippen LogP contribution in [0.5, 0.6) is 5.75 Å². The number of hydrazone groups is 1. The molecule has 1 heterocycles. The molecular formula is C24H15N3O5. The zero-order valence-electron chi connectivity index (χ0n) is 16.8. The number of hydrogen-bond acceptors (Lipinski definition) is 6. The molecule has 32 heavy (non-hydrogen) atoms. The molecule has 156 valence electrons. The zero-order chi connectivity index (χ0) is 22.4. The highest BCUT2D eigenvalue weighted by Crippen LogP contribution is 2.34. The Kier molecular flexibility index (Phi) is 4.41. The van der Waals surface area contributed by atoms with Gasteiger partial charge in [-0.3, -0.25) is 19.7 Å². The molecule has 8 heteroatoms. The number of nitrogens with zero attached hydrogens (tertiary/aromatic N) is 3. The molecule has 5 rings (SSSR count). The summed E-state index contributed by atoms with van der Waals surface area (Å²) in [6, 6.07) is 18.6. The second-order valence-electron chi connectivity index (χ2n) is 7.22. The van der Waals surface area contributed by atoms with Crippen molar-refractivity contribution in [2.45, 2.75) is 0 Å². The molecule has 0 bridgehead atoms. The molecule has 0 spiro atoms. The molecule has 0 saturated heterocycles. The Labute approximate surface area is 181 Å². The predicted molar refractivity (Wildman–Crippen MR) is 119 cm³/mol. The topological polar surface area (TPSA) is 102 Å². The minimum absolute atomic E-state index is 0.0615. The number of benzene rings is 4. The Morgan fingerprint density at radius 2 is 1.69 bits per heavy atom. The van der Waals surface area contributed by atoms with Crippen LogP contribution in [0.15, 0.2) is 71.8 Å². The van der Waals surface area contributed by atoms with Gasteiger partial charge in [-0.2, -0.15) is 10.1 Å². The maximum absolute atomic E-state index is 13.2. The lowest BCUT2D eigenvalue weighted by molar-refractivity contribution is -0.384. The van der Waals surface area contributed by atoms with E-state index in [1.807, 2.05) is 30.3 Å². The van der Waals surface area contributed by atoms with Crippen LogP contribution < -0.4 is 4.74 Å². The number of nitro groups is 1. The monoisotopic (exact) mass is 425 g/mol. The summed E-state index contributed by atoms with van der Waals surface area (Å²) in [4.78, 5) is 37.0. The maximum Gasteiger partial charge on any atom is 0.282 e. The molecule has 1 aliphatic heterocycles. The number of non-ortho nitro benzene ring substituents is 1. The highest BCUT2D eigenvalue weighted by Gasteiger charge is 2.34. The van der Waals surface area contributed by atoms with Crippen LogP contribution in [0.4, 0.5) is 5.69 Å². The lowest BCUT2D eigenvalue weighted by Gasteiger charge is -2.23. The lowest BCUT2D eigenvalue weighted by atomic mass is 9.94. The SMILES string of the molecule is COc1ccc2ccccc2c1C=NN1C(=O)c2cccc3cc([N+](=O)[O-])cc(c23)C1=O. The van der Waals surface area contributed by atoms with E-state index in [1.165, 1.54) is 25.5 Å². The van der Waals surface area contributed by atoms with Crippen LogP contribution in [0.3, 0.4) is 0 Å². The fourth-order valence-corrected chi connectivity index (χ4v) is 3.99. The average molecular weight is 425 g/mol. The van der Waals surface area contributed by atoms with Gasteiger partial charge in [0, 0.05) is 23.1 Å². The number of carbonyl (C=O) groups is 2. The van der Waals surface area contributed by atoms with Crippen LogP contribution in [0.25, 0.3) is 21.5 Å². The Morgan fingerprint density at radius 3 is 2.47 bits per heavy atom. The van der Waals surface area contributed by atoms with Gasteiger partial charge >= 0.3 is 0 Å². The van der Waals surface area contributed by atoms with Crippen LogP contribution in [-0.2, 0) is 0 Å². The van der Waals surface area contributed by atoms with E-state index in [0.717, 1.165) is 15.8 Å². The van der Waals surface area contributed by atoms with Crippen molar-refractivity contribution in [1.29, 1.82) is 0 Å². The van der Waals surface area contributed by atoms with Crippen LogP contribution in [0.1, 0.15) is 26.3 Å². The molecule has 0 radical (unpaired) electrons. The molecule has 0 aromatic heterocycles. The highest BCUT2D eigenvalue weighted by atomic mass is 16.6. The molecule has 0 fully saturated rings. The summed E-state index contributed by atoms with van der Waals surface area (Å²) in [6.07, 6.45) is 1.40. The molecule has 0 aliphatic carbocycles. The van der Waals surface area contributed by atoms with Gasteiger partial charge < -0.3 is 4.74 Å². The van der Waals surface area contributed by atoms with E-state index in [9.17, 15) is 19.7 Å². The highest BCUT2D eigenvalue weighted by molar-refractivity contribution is 6.26.